The number of hydrogen-bond donors (Lipinski definition) is 7. The predicted octanol–water partition coefficient (Wildman–Crippen LogP) is 0.870. The topological polar surface area (TPSA) is 236 Å². The number of aliphatic carboxylic acids is 4. The van der Waals surface area contributed by atoms with Gasteiger partial charge >= 0.3 is 23.9 Å². The molecule has 0 saturated heterocycles. The molecule has 3 unspecified atom stereocenters. The predicted molar refractivity (Wildman–Crippen MR) is 132 cm³/mol. The number of carboxylic acid groups (broad SMARTS) is 4. The summed E-state index contributed by atoms with van der Waals surface area (Å²) in [6.07, 6.45) is 3.89. The first-order valence-electron chi connectivity index (χ1n) is 12.7. The fourth-order valence-corrected chi connectivity index (χ4v) is 3.48. The fourth-order valence-electron chi connectivity index (χ4n) is 3.48. The molecule has 0 aromatic heterocycles. The van der Waals surface area contributed by atoms with E-state index < -0.39 is 91.8 Å². The molecule has 0 aromatic rings. The van der Waals surface area contributed by atoms with Crippen molar-refractivity contribution in [1.29, 1.82) is 0 Å². The molecule has 0 fully saturated rings. The number of carbonyl (C=O) groups excluding carboxylic acids is 3. The van der Waals surface area contributed by atoms with Gasteiger partial charge in [0.25, 0.3) is 0 Å². The van der Waals surface area contributed by atoms with Crippen molar-refractivity contribution in [3.05, 3.63) is 0 Å². The largest absolute Gasteiger partial charge is 0.481 e. The summed E-state index contributed by atoms with van der Waals surface area (Å²) in [4.78, 5) is 82.0. The lowest BCUT2D eigenvalue weighted by molar-refractivity contribution is -0.145. The molecule has 0 aliphatic heterocycles. The van der Waals surface area contributed by atoms with Gasteiger partial charge < -0.3 is 36.4 Å². The quantitative estimate of drug-likeness (QED) is 0.0942. The third-order valence-corrected chi connectivity index (χ3v) is 5.59. The van der Waals surface area contributed by atoms with Crippen LogP contribution in [0.4, 0.5) is 0 Å². The maximum absolute atomic E-state index is 12.8. The van der Waals surface area contributed by atoms with E-state index in [0.717, 1.165) is 38.5 Å². The van der Waals surface area contributed by atoms with Gasteiger partial charge in [0.2, 0.25) is 17.7 Å². The van der Waals surface area contributed by atoms with Gasteiger partial charge in [-0.3, -0.25) is 24.0 Å². The van der Waals surface area contributed by atoms with Crippen molar-refractivity contribution in [2.45, 2.75) is 109 Å². The van der Waals surface area contributed by atoms with Crippen molar-refractivity contribution >= 4 is 41.6 Å². The zero-order valence-electron chi connectivity index (χ0n) is 21.6. The molecule has 3 atom stereocenters. The molecule has 0 rings (SSSR count). The summed E-state index contributed by atoms with van der Waals surface area (Å²) in [6, 6.07) is -4.74. The summed E-state index contributed by atoms with van der Waals surface area (Å²) in [7, 11) is 0. The first-order chi connectivity index (χ1) is 17.9. The number of carboxylic acids is 4. The average molecular weight is 546 g/mol. The lowest BCUT2D eigenvalue weighted by Crippen LogP contribution is -2.54. The van der Waals surface area contributed by atoms with Crippen LogP contribution in [0.1, 0.15) is 90.4 Å². The fraction of sp³-hybridized carbons (Fsp3) is 0.708. The minimum atomic E-state index is -1.61. The molecule has 0 aliphatic carbocycles. The Bertz CT molecular complexity index is 831. The van der Waals surface area contributed by atoms with Crippen molar-refractivity contribution in [3.63, 3.8) is 0 Å². The molecule has 0 radical (unpaired) electrons. The second-order valence-electron chi connectivity index (χ2n) is 8.92. The van der Waals surface area contributed by atoms with E-state index in [4.69, 9.17) is 10.2 Å². The smallest absolute Gasteiger partial charge is 0.326 e. The Morgan fingerprint density at radius 2 is 1.00 bits per heavy atom. The van der Waals surface area contributed by atoms with E-state index in [1.165, 1.54) is 0 Å². The summed E-state index contributed by atoms with van der Waals surface area (Å²) in [5.74, 6) is -8.21. The van der Waals surface area contributed by atoms with Gasteiger partial charge in [0.1, 0.15) is 18.1 Å². The third-order valence-electron chi connectivity index (χ3n) is 5.59. The minimum absolute atomic E-state index is 0.0386. The number of carbonyl (C=O) groups is 7. The van der Waals surface area contributed by atoms with Gasteiger partial charge in [0.05, 0.1) is 6.42 Å². The van der Waals surface area contributed by atoms with E-state index in [2.05, 4.69) is 22.9 Å². The van der Waals surface area contributed by atoms with Gasteiger partial charge in [-0.1, -0.05) is 45.4 Å². The number of rotatable bonds is 22. The van der Waals surface area contributed by atoms with Crippen molar-refractivity contribution in [3.8, 4) is 0 Å². The summed E-state index contributed by atoms with van der Waals surface area (Å²) in [5, 5.41) is 42.6. The maximum atomic E-state index is 12.8. The molecule has 3 amide bonds. The van der Waals surface area contributed by atoms with Crippen LogP contribution in [0.3, 0.4) is 0 Å². The summed E-state index contributed by atoms with van der Waals surface area (Å²) in [5.41, 5.74) is 0. The molecule has 14 heteroatoms. The second-order valence-corrected chi connectivity index (χ2v) is 8.92. The minimum Gasteiger partial charge on any atom is -0.481 e. The van der Waals surface area contributed by atoms with E-state index >= 15 is 0 Å². The summed E-state index contributed by atoms with van der Waals surface area (Å²) < 4.78 is 0. The Morgan fingerprint density at radius 1 is 0.553 bits per heavy atom. The number of unbranched alkanes of at least 4 members (excludes halogenated alkanes) is 6. The van der Waals surface area contributed by atoms with Crippen LogP contribution in [-0.4, -0.2) is 80.2 Å². The highest BCUT2D eigenvalue weighted by molar-refractivity contribution is 5.94. The number of amides is 3. The summed E-state index contributed by atoms with van der Waals surface area (Å²) >= 11 is 0. The molecule has 7 N–H and O–H groups in total. The van der Waals surface area contributed by atoms with E-state index in [1.54, 1.807) is 0 Å². The van der Waals surface area contributed by atoms with Crippen LogP contribution < -0.4 is 16.0 Å². The second kappa shape index (κ2) is 19.4. The Kier molecular flexibility index (Phi) is 17.5. The maximum Gasteiger partial charge on any atom is 0.326 e. The lowest BCUT2D eigenvalue weighted by Gasteiger charge is -2.22. The number of hydrogen-bond acceptors (Lipinski definition) is 7. The van der Waals surface area contributed by atoms with Crippen LogP contribution >= 0.6 is 0 Å². The lowest BCUT2D eigenvalue weighted by atomic mass is 10.1. The van der Waals surface area contributed by atoms with E-state index in [9.17, 15) is 43.8 Å². The van der Waals surface area contributed by atoms with Crippen molar-refractivity contribution in [1.82, 2.24) is 16.0 Å². The number of nitrogens with one attached hydrogen (secondary N) is 3. The third kappa shape index (κ3) is 16.9. The van der Waals surface area contributed by atoms with Crippen LogP contribution in [-0.2, 0) is 33.6 Å². The average Bonchev–Trinajstić information content (AvgIpc) is 2.82. The molecule has 38 heavy (non-hydrogen) atoms. The van der Waals surface area contributed by atoms with Crippen LogP contribution in [0.15, 0.2) is 0 Å². The Labute approximate surface area is 220 Å². The molecule has 14 nitrogen and oxygen atoms in total. The van der Waals surface area contributed by atoms with E-state index in [1.807, 2.05) is 0 Å². The summed E-state index contributed by atoms with van der Waals surface area (Å²) in [6.45, 7) is 2.10. The zero-order chi connectivity index (χ0) is 29.1. The Balaban J connectivity index is 5.29. The monoisotopic (exact) mass is 545 g/mol. The SMILES string of the molecule is CCCCCCCCCC(=O)NC(CC(=O)NC(CCC(=O)O)C(=O)O)C(=O)NC(CCC(=O)O)C(=O)O. The van der Waals surface area contributed by atoms with Crippen LogP contribution in [0.2, 0.25) is 0 Å². The van der Waals surface area contributed by atoms with Gasteiger partial charge in [0.15, 0.2) is 0 Å². The highest BCUT2D eigenvalue weighted by Gasteiger charge is 2.30. The molecular formula is C24H39N3O11. The molecule has 0 aliphatic rings. The molecule has 0 aromatic carbocycles. The van der Waals surface area contributed by atoms with Crippen molar-refractivity contribution in [2.24, 2.45) is 0 Å². The highest BCUT2D eigenvalue weighted by atomic mass is 16.4. The first-order valence-corrected chi connectivity index (χ1v) is 12.7. The van der Waals surface area contributed by atoms with Gasteiger partial charge in [-0.05, 0) is 19.3 Å². The Morgan fingerprint density at radius 3 is 1.47 bits per heavy atom. The van der Waals surface area contributed by atoms with Gasteiger partial charge in [-0.25, -0.2) is 9.59 Å². The first kappa shape index (κ1) is 34.3. The Hall–Kier alpha value is -3.71. The van der Waals surface area contributed by atoms with Crippen LogP contribution in [0.25, 0.3) is 0 Å². The van der Waals surface area contributed by atoms with E-state index in [0.29, 0.717) is 6.42 Å². The standard InChI is InChI=1S/C24H39N3O11/c1-2-3-4-5-6-7-8-9-18(28)26-17(22(34)27-16(24(37)38)11-13-21(32)33)14-19(29)25-15(23(35)36)10-12-20(30)31/h15-17H,2-14H2,1H3,(H,25,29)(H,26,28)(H,27,34)(H,30,31)(H,32,33)(H,35,36)(H,37,38). The molecule has 0 bridgehead atoms. The molecule has 0 saturated carbocycles. The van der Waals surface area contributed by atoms with Crippen LogP contribution in [0.5, 0.6) is 0 Å². The highest BCUT2D eigenvalue weighted by Crippen LogP contribution is 2.09. The molecule has 0 heterocycles. The van der Waals surface area contributed by atoms with Crippen molar-refractivity contribution < 1.29 is 54.0 Å². The van der Waals surface area contributed by atoms with Crippen LogP contribution in [0, 0.1) is 0 Å². The van der Waals surface area contributed by atoms with Gasteiger partial charge in [-0.15, -0.1) is 0 Å². The normalized spacial score (nSPS) is 13.0. The van der Waals surface area contributed by atoms with Crippen molar-refractivity contribution in [2.75, 3.05) is 0 Å². The van der Waals surface area contributed by atoms with Gasteiger partial charge in [0, 0.05) is 19.3 Å². The van der Waals surface area contributed by atoms with E-state index in [-0.39, 0.29) is 6.42 Å². The molecule has 216 valence electrons. The zero-order valence-corrected chi connectivity index (χ0v) is 21.6. The van der Waals surface area contributed by atoms with Gasteiger partial charge in [-0.2, -0.15) is 0 Å². The molecule has 0 spiro atoms. The molecular weight excluding hydrogens is 506 g/mol.